The summed E-state index contributed by atoms with van der Waals surface area (Å²) in [5.41, 5.74) is 0. The van der Waals surface area contributed by atoms with Crippen LogP contribution in [0.1, 0.15) is 0 Å². The molecule has 0 saturated carbocycles. The first-order chi connectivity index (χ1) is 7.99. The topological polar surface area (TPSA) is 125 Å². The van der Waals surface area contributed by atoms with Gasteiger partial charge in [0.25, 0.3) is 7.06 Å². The lowest BCUT2D eigenvalue weighted by atomic mass is 11.8. The molecule has 0 aromatic rings. The van der Waals surface area contributed by atoms with Crippen molar-refractivity contribution in [1.29, 1.82) is 0 Å². The minimum absolute atomic E-state index is 0.665. The van der Waals surface area contributed by atoms with Crippen molar-refractivity contribution < 1.29 is 41.2 Å². The summed E-state index contributed by atoms with van der Waals surface area (Å²) >= 11 is 0. The van der Waals surface area contributed by atoms with Crippen molar-refractivity contribution in [2.24, 2.45) is 0 Å². The molecule has 0 heterocycles. The first kappa shape index (κ1) is 18.7. The van der Waals surface area contributed by atoms with Gasteiger partial charge in [-0.15, -0.1) is 0 Å². The molecule has 3 unspecified atom stereocenters. The highest BCUT2D eigenvalue weighted by molar-refractivity contribution is 8.78. The van der Waals surface area contributed by atoms with Crippen LogP contribution in [0.5, 0.6) is 0 Å². The smallest absolute Gasteiger partial charge is 0.338 e. The number of rotatable bonds is 7. The Morgan fingerprint density at radius 2 is 1.06 bits per heavy atom. The van der Waals surface area contributed by atoms with Crippen LogP contribution in [0.15, 0.2) is 0 Å². The average Bonchev–Trinajstić information content (AvgIpc) is 2.33. The Balaban J connectivity index is 6.32. The van der Waals surface area contributed by atoms with Gasteiger partial charge >= 0.3 is 20.8 Å². The summed E-state index contributed by atoms with van der Waals surface area (Å²) in [6.45, 7) is -9.00. The van der Waals surface area contributed by atoms with E-state index in [9.17, 15) is 23.2 Å². The Labute approximate surface area is 105 Å². The molecule has 0 aromatic carbocycles. The second-order valence-corrected chi connectivity index (χ2v) is 21.0. The average molecular weight is 344 g/mol. The molecule has 0 spiro atoms. The van der Waals surface area contributed by atoms with E-state index in [-0.39, 0.29) is 0 Å². The van der Waals surface area contributed by atoms with Gasteiger partial charge < -0.3 is 23.0 Å². The lowest BCUT2D eigenvalue weighted by Gasteiger charge is -2.29. The van der Waals surface area contributed by atoms with Crippen LogP contribution in [0.3, 0.4) is 0 Å². The molecule has 1 N–H and O–H groups in total. The Hall–Kier alpha value is 0.720. The molecule has 0 rings (SSSR count). The standard InChI is InChI=1S/C5H16O9P4/c1-11-16(8,12-2)18(10,14-4)17(9,13-3)15(5,6)7/h1-5H3,(H,6,7). The molecule has 18 heavy (non-hydrogen) atoms. The highest BCUT2D eigenvalue weighted by atomic mass is 32.7. The fourth-order valence-corrected chi connectivity index (χ4v) is 24.9. The molecular weight excluding hydrogens is 328 g/mol. The Morgan fingerprint density at radius 3 is 1.22 bits per heavy atom. The van der Waals surface area contributed by atoms with Crippen molar-refractivity contribution in [3.63, 3.8) is 0 Å². The lowest BCUT2D eigenvalue weighted by molar-refractivity contribution is 0.282. The van der Waals surface area contributed by atoms with E-state index >= 15 is 0 Å². The van der Waals surface area contributed by atoms with Crippen molar-refractivity contribution in [3.8, 4) is 0 Å². The van der Waals surface area contributed by atoms with E-state index in [1.165, 1.54) is 0 Å². The van der Waals surface area contributed by atoms with Gasteiger partial charge in [-0.3, -0.25) is 13.7 Å². The van der Waals surface area contributed by atoms with E-state index in [0.717, 1.165) is 28.4 Å². The van der Waals surface area contributed by atoms with Gasteiger partial charge in [-0.25, -0.2) is 4.57 Å². The van der Waals surface area contributed by atoms with E-state index < -0.39 is 27.8 Å². The SMILES string of the molecule is COP(=O)(OC)P(=O)(OC)P(=O)(OC)P(C)(=O)O. The minimum atomic E-state index is -4.83. The monoisotopic (exact) mass is 344 g/mol. The van der Waals surface area contributed by atoms with Crippen LogP contribution in [-0.2, 0) is 36.4 Å². The highest BCUT2D eigenvalue weighted by Crippen LogP contribution is 3.09. The van der Waals surface area contributed by atoms with Gasteiger partial charge in [0.05, 0.1) is 0 Å². The van der Waals surface area contributed by atoms with Gasteiger partial charge in [-0.1, -0.05) is 0 Å². The Kier molecular flexibility index (Phi) is 6.25. The van der Waals surface area contributed by atoms with Crippen LogP contribution in [-0.4, -0.2) is 40.0 Å². The summed E-state index contributed by atoms with van der Waals surface area (Å²) in [7, 11) is -5.68. The van der Waals surface area contributed by atoms with Gasteiger partial charge in [-0.05, 0) is 0 Å². The van der Waals surface area contributed by atoms with Gasteiger partial charge in [0.1, 0.15) is 0 Å². The fraction of sp³-hybridized carbons (Fsp3) is 1.00. The molecule has 0 aliphatic rings. The third-order valence-electron chi connectivity index (χ3n) is 2.04. The molecule has 0 fully saturated rings. The molecule has 0 amide bonds. The van der Waals surface area contributed by atoms with Gasteiger partial charge in [-0.2, -0.15) is 0 Å². The first-order valence-electron chi connectivity index (χ1n) is 4.34. The largest absolute Gasteiger partial charge is 0.422 e. The quantitative estimate of drug-likeness (QED) is 0.694. The van der Waals surface area contributed by atoms with Crippen LogP contribution in [0, 0.1) is 0 Å². The van der Waals surface area contributed by atoms with E-state index in [2.05, 4.69) is 18.1 Å². The van der Waals surface area contributed by atoms with E-state index in [1.807, 2.05) is 0 Å². The normalized spacial score (nSPS) is 22.8. The Bertz CT molecular complexity index is 469. The van der Waals surface area contributed by atoms with Crippen molar-refractivity contribution in [2.45, 2.75) is 0 Å². The maximum Gasteiger partial charge on any atom is 0.422 e. The predicted molar refractivity (Wildman–Crippen MR) is 66.6 cm³/mol. The zero-order valence-corrected chi connectivity index (χ0v) is 14.1. The Morgan fingerprint density at radius 1 is 0.722 bits per heavy atom. The molecule has 0 aromatic heterocycles. The van der Waals surface area contributed by atoms with Crippen LogP contribution in [0.4, 0.5) is 0 Å². The second kappa shape index (κ2) is 6.01. The molecule has 3 atom stereocenters. The lowest BCUT2D eigenvalue weighted by Crippen LogP contribution is -1.97. The van der Waals surface area contributed by atoms with E-state index in [1.54, 1.807) is 0 Å². The zero-order valence-electron chi connectivity index (χ0n) is 10.5. The third kappa shape index (κ3) is 2.62. The summed E-state index contributed by atoms with van der Waals surface area (Å²) in [6.07, 6.45) is 0. The van der Waals surface area contributed by atoms with Gasteiger partial charge in [0.2, 0.25) is 0 Å². The second-order valence-electron chi connectivity index (χ2n) is 3.02. The first-order valence-corrected chi connectivity index (χ1v) is 13.4. The van der Waals surface area contributed by atoms with Crippen LogP contribution in [0.25, 0.3) is 0 Å². The molecule has 0 bridgehead atoms. The van der Waals surface area contributed by atoms with Gasteiger partial charge in [0, 0.05) is 35.1 Å². The van der Waals surface area contributed by atoms with E-state index in [0.29, 0.717) is 6.66 Å². The highest BCUT2D eigenvalue weighted by Gasteiger charge is 2.67. The van der Waals surface area contributed by atoms with Crippen molar-refractivity contribution in [3.05, 3.63) is 0 Å². The van der Waals surface area contributed by atoms with Crippen molar-refractivity contribution in [1.82, 2.24) is 0 Å². The summed E-state index contributed by atoms with van der Waals surface area (Å²) < 4.78 is 66.5. The molecule has 9 nitrogen and oxygen atoms in total. The maximum atomic E-state index is 12.5. The van der Waals surface area contributed by atoms with Gasteiger partial charge in [0.15, 0.2) is 0 Å². The predicted octanol–water partition coefficient (Wildman–Crippen LogP) is 2.97. The fourth-order valence-electron chi connectivity index (χ4n) is 1.09. The van der Waals surface area contributed by atoms with E-state index in [4.69, 9.17) is 0 Å². The molecule has 0 radical (unpaired) electrons. The maximum absolute atomic E-state index is 12.5. The van der Waals surface area contributed by atoms with Crippen LogP contribution < -0.4 is 0 Å². The van der Waals surface area contributed by atoms with Crippen LogP contribution >= 0.6 is 27.8 Å². The third-order valence-corrected chi connectivity index (χ3v) is 26.1. The number of hydrogen-bond donors (Lipinski definition) is 1. The van der Waals surface area contributed by atoms with Crippen molar-refractivity contribution >= 4 is 27.8 Å². The van der Waals surface area contributed by atoms with Crippen LogP contribution in [0.2, 0.25) is 0 Å². The summed E-state index contributed by atoms with van der Waals surface area (Å²) in [6, 6.07) is 0. The summed E-state index contributed by atoms with van der Waals surface area (Å²) in [5.74, 6) is 0. The molecule has 110 valence electrons. The van der Waals surface area contributed by atoms with Crippen molar-refractivity contribution in [2.75, 3.05) is 35.1 Å². The summed E-state index contributed by atoms with van der Waals surface area (Å²) in [5, 5.41) is 0. The molecular formula is C5H16O9P4. The molecule has 0 aliphatic heterocycles. The summed E-state index contributed by atoms with van der Waals surface area (Å²) in [4.78, 5) is 9.44. The minimum Gasteiger partial charge on any atom is -0.338 e. The molecule has 0 saturated heterocycles. The molecule has 13 heteroatoms. The number of hydrogen-bond acceptors (Lipinski definition) is 8. The zero-order chi connectivity index (χ0) is 14.8. The molecule has 0 aliphatic carbocycles.